The lowest BCUT2D eigenvalue weighted by Crippen LogP contribution is -2.40. The predicted octanol–water partition coefficient (Wildman–Crippen LogP) is 1.18. The summed E-state index contributed by atoms with van der Waals surface area (Å²) in [6.07, 6.45) is 1.39. The molecule has 0 aromatic carbocycles. The molecule has 1 aliphatic rings. The maximum absolute atomic E-state index is 12.6. The molecule has 2 amide bonds. The van der Waals surface area contributed by atoms with E-state index in [1.165, 1.54) is 23.0 Å². The van der Waals surface area contributed by atoms with Crippen molar-refractivity contribution in [3.63, 3.8) is 0 Å². The molecule has 3 rings (SSSR count). The van der Waals surface area contributed by atoms with Crippen molar-refractivity contribution in [3.8, 4) is 0 Å². The minimum Gasteiger partial charge on any atom is -0.311 e. The number of hydrogen-bond acceptors (Lipinski definition) is 6. The molecular weight excluding hydrogens is 370 g/mol. The van der Waals surface area contributed by atoms with Crippen molar-refractivity contribution in [3.05, 3.63) is 37.5 Å². The minimum absolute atomic E-state index is 0.170. The molecule has 1 unspecified atom stereocenters. The second-order valence-electron chi connectivity index (χ2n) is 6.50. The number of thiazole rings is 1. The molecule has 3 heterocycles. The topological polar surface area (TPSA) is 115 Å². The summed E-state index contributed by atoms with van der Waals surface area (Å²) in [4.78, 5) is 54.0. The number of nitrogens with one attached hydrogen (secondary N) is 2. The Morgan fingerprint density at radius 3 is 2.74 bits per heavy atom. The Hall–Kier alpha value is -2.75. The molecule has 0 radical (unpaired) electrons. The fraction of sp³-hybridized carbons (Fsp3) is 0.471. The standard InChI is InChI=1S/C17H21N5O4S/c1-4-5-6-22-13-12(15(25)21(3)17(22)26)10(14(24)20-13)7-11(23)19-16-18-9(2)8-27-16/h8,10H,4-7H2,1-3H3,(H,20,24)(H,18,19,23). The molecule has 1 aliphatic heterocycles. The lowest BCUT2D eigenvalue weighted by molar-refractivity contribution is -0.122. The zero-order valence-corrected chi connectivity index (χ0v) is 16.2. The van der Waals surface area contributed by atoms with Gasteiger partial charge in [-0.05, 0) is 13.3 Å². The quantitative estimate of drug-likeness (QED) is 0.767. The smallest absolute Gasteiger partial charge is 0.311 e. The van der Waals surface area contributed by atoms with Gasteiger partial charge in [0.1, 0.15) is 5.82 Å². The van der Waals surface area contributed by atoms with Crippen LogP contribution < -0.4 is 21.9 Å². The molecule has 27 heavy (non-hydrogen) atoms. The summed E-state index contributed by atoms with van der Waals surface area (Å²) in [6, 6.07) is 0. The summed E-state index contributed by atoms with van der Waals surface area (Å²) >= 11 is 1.29. The molecule has 0 saturated carbocycles. The fourth-order valence-electron chi connectivity index (χ4n) is 3.06. The monoisotopic (exact) mass is 391 g/mol. The van der Waals surface area contributed by atoms with Crippen LogP contribution in [0, 0.1) is 6.92 Å². The van der Waals surface area contributed by atoms with E-state index >= 15 is 0 Å². The SMILES string of the molecule is CCCCn1c2c(c(=O)n(C)c1=O)C(CC(=O)Nc1nc(C)cs1)C(=O)N2. The van der Waals surface area contributed by atoms with Gasteiger partial charge in [-0.1, -0.05) is 13.3 Å². The van der Waals surface area contributed by atoms with Gasteiger partial charge in [0.25, 0.3) is 5.56 Å². The first-order valence-corrected chi connectivity index (χ1v) is 9.58. The van der Waals surface area contributed by atoms with Crippen LogP contribution in [-0.2, 0) is 23.2 Å². The van der Waals surface area contributed by atoms with Crippen LogP contribution in [0.2, 0.25) is 0 Å². The molecule has 10 heteroatoms. The molecule has 0 aliphatic carbocycles. The minimum atomic E-state index is -0.937. The van der Waals surface area contributed by atoms with Crippen molar-refractivity contribution < 1.29 is 9.59 Å². The van der Waals surface area contributed by atoms with E-state index < -0.39 is 29.0 Å². The Morgan fingerprint density at radius 1 is 1.37 bits per heavy atom. The molecule has 1 atom stereocenters. The van der Waals surface area contributed by atoms with Gasteiger partial charge in [0, 0.05) is 25.4 Å². The number of rotatable bonds is 6. The average molecular weight is 391 g/mol. The van der Waals surface area contributed by atoms with E-state index in [4.69, 9.17) is 0 Å². The number of aromatic nitrogens is 3. The molecule has 2 N–H and O–H groups in total. The van der Waals surface area contributed by atoms with Gasteiger partial charge >= 0.3 is 5.69 Å². The van der Waals surface area contributed by atoms with E-state index in [0.717, 1.165) is 23.1 Å². The Morgan fingerprint density at radius 2 is 2.11 bits per heavy atom. The molecular formula is C17H21N5O4S. The normalized spacial score (nSPS) is 15.5. The molecule has 9 nitrogen and oxygen atoms in total. The van der Waals surface area contributed by atoms with Gasteiger partial charge in [-0.25, -0.2) is 9.78 Å². The van der Waals surface area contributed by atoms with E-state index in [-0.39, 0.29) is 17.8 Å². The number of anilines is 2. The second-order valence-corrected chi connectivity index (χ2v) is 7.36. The van der Waals surface area contributed by atoms with Crippen molar-refractivity contribution >= 4 is 34.1 Å². The number of amides is 2. The highest BCUT2D eigenvalue weighted by molar-refractivity contribution is 7.13. The van der Waals surface area contributed by atoms with E-state index in [2.05, 4.69) is 15.6 Å². The van der Waals surface area contributed by atoms with E-state index in [1.54, 1.807) is 5.38 Å². The number of unbranched alkanes of at least 4 members (excludes halogenated alkanes) is 1. The summed E-state index contributed by atoms with van der Waals surface area (Å²) in [6.45, 7) is 4.19. The number of hydrogen-bond donors (Lipinski definition) is 2. The number of fused-ring (bicyclic) bond motifs is 1. The zero-order chi connectivity index (χ0) is 19.7. The highest BCUT2D eigenvalue weighted by Crippen LogP contribution is 2.31. The fourth-order valence-corrected chi connectivity index (χ4v) is 3.76. The van der Waals surface area contributed by atoms with Crippen molar-refractivity contribution in [2.75, 3.05) is 10.6 Å². The summed E-state index contributed by atoms with van der Waals surface area (Å²) in [5.41, 5.74) is -0.0726. The van der Waals surface area contributed by atoms with Gasteiger partial charge in [-0.3, -0.25) is 23.5 Å². The van der Waals surface area contributed by atoms with Crippen molar-refractivity contribution in [1.82, 2.24) is 14.1 Å². The third-order valence-corrected chi connectivity index (χ3v) is 5.35. The van der Waals surface area contributed by atoms with Gasteiger partial charge < -0.3 is 10.6 Å². The molecule has 0 spiro atoms. The second kappa shape index (κ2) is 7.47. The third-order valence-electron chi connectivity index (χ3n) is 4.47. The van der Waals surface area contributed by atoms with Crippen LogP contribution in [0.5, 0.6) is 0 Å². The van der Waals surface area contributed by atoms with E-state index in [9.17, 15) is 19.2 Å². The summed E-state index contributed by atoms with van der Waals surface area (Å²) in [5, 5.41) is 7.51. The molecule has 2 aromatic heterocycles. The van der Waals surface area contributed by atoms with Crippen LogP contribution in [0.3, 0.4) is 0 Å². The first-order chi connectivity index (χ1) is 12.8. The van der Waals surface area contributed by atoms with Crippen LogP contribution in [-0.4, -0.2) is 25.9 Å². The lowest BCUT2D eigenvalue weighted by Gasteiger charge is -2.13. The van der Waals surface area contributed by atoms with Gasteiger partial charge in [0.15, 0.2) is 5.13 Å². The zero-order valence-electron chi connectivity index (χ0n) is 15.4. The third kappa shape index (κ3) is 3.57. The highest BCUT2D eigenvalue weighted by atomic mass is 32.1. The highest BCUT2D eigenvalue weighted by Gasteiger charge is 2.38. The van der Waals surface area contributed by atoms with Crippen molar-refractivity contribution in [2.24, 2.45) is 7.05 Å². The maximum atomic E-state index is 12.6. The van der Waals surface area contributed by atoms with Crippen LogP contribution in [0.1, 0.15) is 43.4 Å². The summed E-state index contributed by atoms with van der Waals surface area (Å²) < 4.78 is 2.39. The Bertz CT molecular complexity index is 1020. The summed E-state index contributed by atoms with van der Waals surface area (Å²) in [7, 11) is 1.38. The average Bonchev–Trinajstić information content (AvgIpc) is 3.16. The molecule has 0 saturated heterocycles. The number of nitrogens with zero attached hydrogens (tertiary/aromatic N) is 3. The largest absolute Gasteiger partial charge is 0.332 e. The number of aryl methyl sites for hydroxylation is 1. The van der Waals surface area contributed by atoms with Crippen molar-refractivity contribution in [1.29, 1.82) is 0 Å². The number of carbonyl (C=O) groups is 2. The Kier molecular flexibility index (Phi) is 5.26. The first kappa shape index (κ1) is 19.0. The van der Waals surface area contributed by atoms with Gasteiger partial charge in [-0.2, -0.15) is 0 Å². The van der Waals surface area contributed by atoms with Crippen LogP contribution in [0.15, 0.2) is 15.0 Å². The van der Waals surface area contributed by atoms with Gasteiger partial charge in [-0.15, -0.1) is 11.3 Å². The van der Waals surface area contributed by atoms with E-state index in [0.29, 0.717) is 11.7 Å². The lowest BCUT2D eigenvalue weighted by atomic mass is 9.99. The van der Waals surface area contributed by atoms with E-state index in [1.807, 2.05) is 13.8 Å². The number of carbonyl (C=O) groups excluding carboxylic acids is 2. The Labute approximate surface area is 159 Å². The molecule has 0 fully saturated rings. The van der Waals surface area contributed by atoms with Gasteiger partial charge in [0.2, 0.25) is 11.8 Å². The Balaban J connectivity index is 1.93. The van der Waals surface area contributed by atoms with Crippen molar-refractivity contribution in [2.45, 2.75) is 45.6 Å². The molecule has 144 valence electrons. The predicted molar refractivity (Wildman–Crippen MR) is 102 cm³/mol. The van der Waals surface area contributed by atoms with Crippen LogP contribution in [0.25, 0.3) is 0 Å². The van der Waals surface area contributed by atoms with Crippen LogP contribution in [0.4, 0.5) is 10.9 Å². The molecule has 2 aromatic rings. The van der Waals surface area contributed by atoms with Crippen LogP contribution >= 0.6 is 11.3 Å². The molecule has 0 bridgehead atoms. The summed E-state index contributed by atoms with van der Waals surface area (Å²) in [5.74, 6) is -1.59. The first-order valence-electron chi connectivity index (χ1n) is 8.70. The van der Waals surface area contributed by atoms with Gasteiger partial charge in [0.05, 0.1) is 17.2 Å². The maximum Gasteiger partial charge on any atom is 0.332 e.